The first kappa shape index (κ1) is 28.7. The van der Waals surface area contributed by atoms with Crippen LogP contribution in [0, 0.1) is 6.92 Å². The van der Waals surface area contributed by atoms with Gasteiger partial charge in [0.25, 0.3) is 17.7 Å². The number of hydrogen-bond acceptors (Lipinski definition) is 8. The van der Waals surface area contributed by atoms with Crippen molar-refractivity contribution in [2.45, 2.75) is 13.8 Å². The maximum Gasteiger partial charge on any atom is 0.338 e. The highest BCUT2D eigenvalue weighted by molar-refractivity contribution is 6.34. The summed E-state index contributed by atoms with van der Waals surface area (Å²) in [4.78, 5) is 64.0. The Hall–Kier alpha value is -5.77. The largest absolute Gasteiger partial charge is 0.462 e. The third-order valence-corrected chi connectivity index (χ3v) is 6.46. The summed E-state index contributed by atoms with van der Waals surface area (Å²) in [6.45, 7) is 3.31. The number of nitrogens with zero attached hydrogens (tertiary/aromatic N) is 1. The Balaban J connectivity index is 1.20. The zero-order valence-electron chi connectivity index (χ0n) is 23.3. The van der Waals surface area contributed by atoms with Crippen molar-refractivity contribution in [2.75, 3.05) is 23.4 Å². The number of imide groups is 1. The maximum absolute atomic E-state index is 13.2. The van der Waals surface area contributed by atoms with Crippen LogP contribution in [0.5, 0.6) is 11.5 Å². The van der Waals surface area contributed by atoms with Gasteiger partial charge in [0, 0.05) is 5.69 Å². The van der Waals surface area contributed by atoms with Crippen LogP contribution < -0.4 is 15.0 Å². The SMILES string of the molecule is CCOC(=O)c1ccc(NC(=O)COC(=O)c2ccc3c(c2)C(=O)N(c2ccc(Oc4cccc(C)c4)cc2)C3=O)cc1. The summed E-state index contributed by atoms with van der Waals surface area (Å²) in [7, 11) is 0. The van der Waals surface area contributed by atoms with Gasteiger partial charge in [-0.2, -0.15) is 0 Å². The maximum atomic E-state index is 13.2. The molecular weight excluding hydrogens is 552 g/mol. The lowest BCUT2D eigenvalue weighted by molar-refractivity contribution is -0.119. The normalized spacial score (nSPS) is 12.0. The molecule has 0 saturated heterocycles. The van der Waals surface area contributed by atoms with Gasteiger partial charge in [-0.15, -0.1) is 0 Å². The summed E-state index contributed by atoms with van der Waals surface area (Å²) in [5.41, 5.74) is 2.32. The molecule has 216 valence electrons. The molecule has 0 fully saturated rings. The second kappa shape index (κ2) is 12.4. The Morgan fingerprint density at radius 2 is 1.40 bits per heavy atom. The van der Waals surface area contributed by atoms with Crippen LogP contribution in [-0.4, -0.2) is 42.9 Å². The molecule has 0 radical (unpaired) electrons. The number of carbonyl (C=O) groups is 5. The first-order valence-corrected chi connectivity index (χ1v) is 13.3. The van der Waals surface area contributed by atoms with Crippen LogP contribution in [0.15, 0.2) is 91.0 Å². The molecule has 43 heavy (non-hydrogen) atoms. The Morgan fingerprint density at radius 1 is 0.721 bits per heavy atom. The highest BCUT2D eigenvalue weighted by Crippen LogP contribution is 2.31. The number of benzene rings is 4. The van der Waals surface area contributed by atoms with Crippen LogP contribution in [0.1, 0.15) is 53.9 Å². The minimum Gasteiger partial charge on any atom is -0.462 e. The minimum absolute atomic E-state index is 0.00948. The number of fused-ring (bicyclic) bond motifs is 1. The Labute approximate surface area is 246 Å². The van der Waals surface area contributed by atoms with E-state index in [4.69, 9.17) is 14.2 Å². The molecule has 4 aromatic rings. The van der Waals surface area contributed by atoms with Crippen molar-refractivity contribution in [2.24, 2.45) is 0 Å². The third-order valence-electron chi connectivity index (χ3n) is 6.46. The molecule has 5 rings (SSSR count). The molecule has 0 saturated carbocycles. The molecule has 10 nitrogen and oxygen atoms in total. The highest BCUT2D eigenvalue weighted by atomic mass is 16.5. The van der Waals surface area contributed by atoms with E-state index in [9.17, 15) is 24.0 Å². The van der Waals surface area contributed by atoms with Gasteiger partial charge in [0.15, 0.2) is 6.61 Å². The smallest absolute Gasteiger partial charge is 0.338 e. The van der Waals surface area contributed by atoms with Crippen LogP contribution in [0.3, 0.4) is 0 Å². The number of amides is 3. The zero-order valence-corrected chi connectivity index (χ0v) is 23.3. The van der Waals surface area contributed by atoms with E-state index >= 15 is 0 Å². The molecule has 0 spiro atoms. The number of rotatable bonds is 9. The quantitative estimate of drug-likeness (QED) is 0.202. The number of anilines is 2. The van der Waals surface area contributed by atoms with Gasteiger partial charge in [-0.05, 0) is 98.3 Å². The second-order valence-electron chi connectivity index (χ2n) is 9.54. The Kier molecular flexibility index (Phi) is 8.29. The predicted molar refractivity (Wildman–Crippen MR) is 157 cm³/mol. The number of ether oxygens (including phenoxy) is 3. The Morgan fingerprint density at radius 3 is 2.09 bits per heavy atom. The molecule has 1 heterocycles. The molecule has 1 aliphatic heterocycles. The van der Waals surface area contributed by atoms with Crippen LogP contribution >= 0.6 is 0 Å². The lowest BCUT2D eigenvalue weighted by atomic mass is 10.1. The molecule has 0 aromatic heterocycles. The van der Waals surface area contributed by atoms with Crippen molar-refractivity contribution in [3.8, 4) is 11.5 Å². The molecule has 0 bridgehead atoms. The van der Waals surface area contributed by atoms with Crippen molar-refractivity contribution in [3.63, 3.8) is 0 Å². The lowest BCUT2D eigenvalue weighted by Gasteiger charge is -2.14. The van der Waals surface area contributed by atoms with E-state index in [1.54, 1.807) is 31.2 Å². The summed E-state index contributed by atoms with van der Waals surface area (Å²) in [6.07, 6.45) is 0. The van der Waals surface area contributed by atoms with Gasteiger partial charge < -0.3 is 19.5 Å². The molecule has 4 aromatic carbocycles. The average Bonchev–Trinajstić information content (AvgIpc) is 3.25. The van der Waals surface area contributed by atoms with E-state index in [2.05, 4.69) is 5.32 Å². The summed E-state index contributed by atoms with van der Waals surface area (Å²) in [6, 6.07) is 24.1. The van der Waals surface area contributed by atoms with Crippen molar-refractivity contribution >= 4 is 41.0 Å². The van der Waals surface area contributed by atoms with Crippen molar-refractivity contribution in [1.82, 2.24) is 0 Å². The fourth-order valence-electron chi connectivity index (χ4n) is 4.40. The van der Waals surface area contributed by atoms with Crippen LogP contribution in [0.4, 0.5) is 11.4 Å². The topological polar surface area (TPSA) is 128 Å². The molecule has 10 heteroatoms. The van der Waals surface area contributed by atoms with Gasteiger partial charge >= 0.3 is 11.9 Å². The molecule has 0 unspecified atom stereocenters. The molecule has 3 amide bonds. The van der Waals surface area contributed by atoms with Gasteiger partial charge in [-0.1, -0.05) is 12.1 Å². The predicted octanol–water partition coefficient (Wildman–Crippen LogP) is 5.56. The molecule has 1 aliphatic rings. The summed E-state index contributed by atoms with van der Waals surface area (Å²) in [5.74, 6) is -1.85. The summed E-state index contributed by atoms with van der Waals surface area (Å²) < 4.78 is 15.9. The monoisotopic (exact) mass is 578 g/mol. The van der Waals surface area contributed by atoms with Gasteiger partial charge in [0.05, 0.1) is 34.5 Å². The van der Waals surface area contributed by atoms with Gasteiger partial charge in [0.1, 0.15) is 11.5 Å². The zero-order chi connectivity index (χ0) is 30.5. The minimum atomic E-state index is -0.841. The van der Waals surface area contributed by atoms with Crippen molar-refractivity contribution in [3.05, 3.63) is 119 Å². The standard InChI is InChI=1S/C33H26N2O8/c1-3-41-32(39)21-7-10-23(11-8-21)34-29(36)19-42-33(40)22-9-16-27-28(18-22)31(38)35(30(27)37)24-12-14-25(15-13-24)43-26-6-4-5-20(2)17-26/h4-18H,3,19H2,1-2H3,(H,34,36). The average molecular weight is 579 g/mol. The first-order chi connectivity index (χ1) is 20.7. The Bertz CT molecular complexity index is 1730. The summed E-state index contributed by atoms with van der Waals surface area (Å²) in [5, 5.41) is 2.56. The van der Waals surface area contributed by atoms with Crippen molar-refractivity contribution < 1.29 is 38.2 Å². The third kappa shape index (κ3) is 6.43. The van der Waals surface area contributed by atoms with E-state index in [-0.39, 0.29) is 23.3 Å². The molecule has 0 atom stereocenters. The molecular formula is C33H26N2O8. The lowest BCUT2D eigenvalue weighted by Crippen LogP contribution is -2.29. The first-order valence-electron chi connectivity index (χ1n) is 13.3. The molecule has 1 N–H and O–H groups in total. The van der Waals surface area contributed by atoms with Gasteiger partial charge in [-0.3, -0.25) is 14.4 Å². The van der Waals surface area contributed by atoms with E-state index in [0.717, 1.165) is 10.5 Å². The number of hydrogen-bond donors (Lipinski definition) is 1. The fourth-order valence-corrected chi connectivity index (χ4v) is 4.40. The van der Waals surface area contributed by atoms with E-state index in [1.807, 2.05) is 31.2 Å². The van der Waals surface area contributed by atoms with Crippen LogP contribution in [0.2, 0.25) is 0 Å². The number of aryl methyl sites for hydroxylation is 1. The fraction of sp³-hybridized carbons (Fsp3) is 0.121. The number of carbonyl (C=O) groups excluding carboxylic acids is 5. The van der Waals surface area contributed by atoms with E-state index in [0.29, 0.717) is 28.4 Å². The molecule has 0 aliphatic carbocycles. The second-order valence-corrected chi connectivity index (χ2v) is 9.54. The van der Waals surface area contributed by atoms with E-state index < -0.39 is 36.3 Å². The van der Waals surface area contributed by atoms with Crippen molar-refractivity contribution in [1.29, 1.82) is 0 Å². The number of nitrogens with one attached hydrogen (secondary N) is 1. The van der Waals surface area contributed by atoms with E-state index in [1.165, 1.54) is 42.5 Å². The van der Waals surface area contributed by atoms with Gasteiger partial charge in [-0.25, -0.2) is 14.5 Å². The summed E-state index contributed by atoms with van der Waals surface area (Å²) >= 11 is 0. The van der Waals surface area contributed by atoms with Crippen LogP contribution in [0.25, 0.3) is 0 Å². The van der Waals surface area contributed by atoms with Crippen LogP contribution in [-0.2, 0) is 14.3 Å². The number of esters is 2. The highest BCUT2D eigenvalue weighted by Gasteiger charge is 2.37. The van der Waals surface area contributed by atoms with Gasteiger partial charge in [0.2, 0.25) is 0 Å².